The Bertz CT molecular complexity index is 870. The molecule has 1 aliphatic rings. The van der Waals surface area contributed by atoms with Gasteiger partial charge in [0.2, 0.25) is 0 Å². The third-order valence-electron chi connectivity index (χ3n) is 5.36. The number of aliphatic hydroxyl groups excluding tert-OH is 1. The van der Waals surface area contributed by atoms with Gasteiger partial charge in [-0.3, -0.25) is 4.79 Å². The van der Waals surface area contributed by atoms with E-state index in [-0.39, 0.29) is 29.5 Å². The van der Waals surface area contributed by atoms with Crippen molar-refractivity contribution in [3.05, 3.63) is 41.1 Å². The molecular weight excluding hydrogens is 411 g/mol. The number of benzene rings is 1. The van der Waals surface area contributed by atoms with E-state index in [9.17, 15) is 23.1 Å². The molecule has 0 aliphatic heterocycles. The monoisotopic (exact) mass is 439 g/mol. The Balaban J connectivity index is 1.83. The topological polar surface area (TPSA) is 87.4 Å². The molecule has 0 unspecified atom stereocenters. The number of nitrogens with one attached hydrogen (secondary N) is 2. The normalized spacial score (nSPS) is 19.6. The maximum absolute atomic E-state index is 12.9. The van der Waals surface area contributed by atoms with Gasteiger partial charge in [0.15, 0.2) is 11.5 Å². The fraction of sp³-hybridized carbons (Fsp3) is 0.545. The Labute approximate surface area is 179 Å². The molecule has 31 heavy (non-hydrogen) atoms. The highest BCUT2D eigenvalue weighted by molar-refractivity contribution is 5.95. The lowest BCUT2D eigenvalue weighted by molar-refractivity contribution is -0.137. The van der Waals surface area contributed by atoms with Gasteiger partial charge in [-0.1, -0.05) is 31.1 Å². The van der Waals surface area contributed by atoms with E-state index in [0.29, 0.717) is 55.8 Å². The summed E-state index contributed by atoms with van der Waals surface area (Å²) in [7, 11) is 0. The minimum Gasteiger partial charge on any atom is -0.393 e. The lowest BCUT2D eigenvalue weighted by Gasteiger charge is -2.25. The molecule has 1 fully saturated rings. The number of carbonyl (C=O) groups excluding carboxylic acids is 1. The van der Waals surface area contributed by atoms with Crippen molar-refractivity contribution in [2.45, 2.75) is 64.4 Å². The van der Waals surface area contributed by atoms with E-state index in [0.717, 1.165) is 12.1 Å². The minimum atomic E-state index is -4.43. The highest BCUT2D eigenvalue weighted by Gasteiger charge is 2.31. The molecule has 1 aromatic carbocycles. The molecule has 0 radical (unpaired) electrons. The molecule has 6 nitrogen and oxygen atoms in total. The summed E-state index contributed by atoms with van der Waals surface area (Å²) in [6.45, 7) is 5.08. The number of hydrogen-bond donors (Lipinski definition) is 3. The van der Waals surface area contributed by atoms with Crippen molar-refractivity contribution in [1.82, 2.24) is 15.8 Å². The largest absolute Gasteiger partial charge is 0.416 e. The summed E-state index contributed by atoms with van der Waals surface area (Å²) < 4.78 is 44.1. The maximum atomic E-state index is 12.9. The number of aliphatic hydroxyl groups is 1. The van der Waals surface area contributed by atoms with Crippen LogP contribution in [0.15, 0.2) is 28.8 Å². The van der Waals surface area contributed by atoms with Crippen molar-refractivity contribution in [3.63, 3.8) is 0 Å². The van der Waals surface area contributed by atoms with E-state index in [1.807, 2.05) is 13.8 Å². The number of nitrogens with zero attached hydrogens (tertiary/aromatic N) is 1. The molecule has 1 heterocycles. The van der Waals surface area contributed by atoms with Crippen LogP contribution in [0.2, 0.25) is 0 Å². The van der Waals surface area contributed by atoms with Crippen molar-refractivity contribution < 1.29 is 27.6 Å². The van der Waals surface area contributed by atoms with E-state index >= 15 is 0 Å². The summed E-state index contributed by atoms with van der Waals surface area (Å²) in [4.78, 5) is 12.9. The van der Waals surface area contributed by atoms with Crippen molar-refractivity contribution in [1.29, 1.82) is 0 Å². The van der Waals surface area contributed by atoms with Crippen LogP contribution in [0.25, 0.3) is 11.3 Å². The first-order valence-corrected chi connectivity index (χ1v) is 10.5. The lowest BCUT2D eigenvalue weighted by atomic mass is 9.93. The molecule has 0 spiro atoms. The van der Waals surface area contributed by atoms with Crippen LogP contribution < -0.4 is 10.6 Å². The molecule has 0 saturated heterocycles. The number of rotatable bonds is 7. The van der Waals surface area contributed by atoms with Gasteiger partial charge in [0.1, 0.15) is 0 Å². The van der Waals surface area contributed by atoms with E-state index in [2.05, 4.69) is 15.8 Å². The Hall–Kier alpha value is -2.39. The van der Waals surface area contributed by atoms with Crippen LogP contribution in [0, 0.1) is 5.92 Å². The number of carbonyl (C=O) groups is 1. The first kappa shape index (κ1) is 23.3. The molecular formula is C22H28F3N3O3. The van der Waals surface area contributed by atoms with Crippen molar-refractivity contribution >= 4 is 5.91 Å². The zero-order chi connectivity index (χ0) is 22.6. The third kappa shape index (κ3) is 6.07. The summed E-state index contributed by atoms with van der Waals surface area (Å²) in [6.07, 6.45) is -2.15. The number of alkyl halides is 3. The van der Waals surface area contributed by atoms with Gasteiger partial charge >= 0.3 is 6.18 Å². The second-order valence-electron chi connectivity index (χ2n) is 8.42. The molecule has 0 bridgehead atoms. The average Bonchev–Trinajstić information content (AvgIpc) is 3.13. The lowest BCUT2D eigenvalue weighted by Crippen LogP contribution is -2.39. The molecule has 0 atom stereocenters. The van der Waals surface area contributed by atoms with Crippen molar-refractivity contribution in [3.8, 4) is 11.3 Å². The van der Waals surface area contributed by atoms with E-state index in [1.54, 1.807) is 0 Å². The van der Waals surface area contributed by atoms with E-state index in [1.165, 1.54) is 12.1 Å². The number of amides is 1. The van der Waals surface area contributed by atoms with Gasteiger partial charge < -0.3 is 20.3 Å². The molecule has 170 valence electrons. The molecule has 1 saturated carbocycles. The van der Waals surface area contributed by atoms with Crippen LogP contribution in [-0.4, -0.2) is 34.9 Å². The van der Waals surface area contributed by atoms with Crippen LogP contribution in [0.1, 0.15) is 61.1 Å². The Morgan fingerprint density at radius 1 is 1.19 bits per heavy atom. The summed E-state index contributed by atoms with van der Waals surface area (Å²) in [5.74, 6) is 0.263. The molecule has 3 N–H and O–H groups in total. The quantitative estimate of drug-likeness (QED) is 0.604. The van der Waals surface area contributed by atoms with Gasteiger partial charge in [-0.15, -0.1) is 0 Å². The molecule has 9 heteroatoms. The van der Waals surface area contributed by atoms with E-state index in [4.69, 9.17) is 4.52 Å². The fourth-order valence-electron chi connectivity index (χ4n) is 3.65. The standard InChI is InChI=1S/C22H28F3N3O3/c1-13(2)11-26-12-18-19(21(30)27-16-7-9-17(29)10-8-16)28-31-20(18)14-3-5-15(6-4-14)22(23,24)25/h3-6,13,16-17,26,29H,7-12H2,1-2H3,(H,27,30). The number of halogens is 3. The SMILES string of the molecule is CC(C)CNCc1c(C(=O)NC2CCC(O)CC2)noc1-c1ccc(C(F)(F)F)cc1. The fourth-order valence-corrected chi connectivity index (χ4v) is 3.65. The van der Waals surface area contributed by atoms with Crippen LogP contribution in [0.5, 0.6) is 0 Å². The van der Waals surface area contributed by atoms with Gasteiger partial charge in [-0.05, 0) is 50.3 Å². The molecule has 1 aromatic heterocycles. The molecule has 1 aliphatic carbocycles. The Kier molecular flexibility index (Phi) is 7.38. The second-order valence-corrected chi connectivity index (χ2v) is 8.42. The number of aromatic nitrogens is 1. The van der Waals surface area contributed by atoms with Crippen molar-refractivity contribution in [2.24, 2.45) is 5.92 Å². The highest BCUT2D eigenvalue weighted by Crippen LogP contribution is 2.33. The zero-order valence-corrected chi connectivity index (χ0v) is 17.6. The minimum absolute atomic E-state index is 0.0569. The summed E-state index contributed by atoms with van der Waals surface area (Å²) in [5.41, 5.74) is 0.292. The summed E-state index contributed by atoms with van der Waals surface area (Å²) in [6, 6.07) is 4.55. The van der Waals surface area contributed by atoms with Crippen LogP contribution in [0.3, 0.4) is 0 Å². The second kappa shape index (κ2) is 9.82. The van der Waals surface area contributed by atoms with E-state index < -0.39 is 11.7 Å². The molecule has 3 rings (SSSR count). The Morgan fingerprint density at radius 2 is 1.84 bits per heavy atom. The van der Waals surface area contributed by atoms with Gasteiger partial charge in [0.05, 0.1) is 11.7 Å². The van der Waals surface area contributed by atoms with Crippen LogP contribution >= 0.6 is 0 Å². The Morgan fingerprint density at radius 3 is 2.42 bits per heavy atom. The first-order chi connectivity index (χ1) is 14.6. The predicted molar refractivity (Wildman–Crippen MR) is 109 cm³/mol. The van der Waals surface area contributed by atoms with Gasteiger partial charge in [0.25, 0.3) is 5.91 Å². The summed E-state index contributed by atoms with van der Waals surface area (Å²) in [5, 5.41) is 19.8. The molecule has 1 amide bonds. The predicted octanol–water partition coefficient (Wildman–Crippen LogP) is 4.14. The third-order valence-corrected chi connectivity index (χ3v) is 5.36. The van der Waals surface area contributed by atoms with Gasteiger partial charge in [-0.2, -0.15) is 13.2 Å². The van der Waals surface area contributed by atoms with Crippen molar-refractivity contribution in [2.75, 3.05) is 6.54 Å². The highest BCUT2D eigenvalue weighted by atomic mass is 19.4. The zero-order valence-electron chi connectivity index (χ0n) is 17.6. The maximum Gasteiger partial charge on any atom is 0.416 e. The van der Waals surface area contributed by atoms with Crippen LogP contribution in [-0.2, 0) is 12.7 Å². The average molecular weight is 439 g/mol. The van der Waals surface area contributed by atoms with Crippen LogP contribution in [0.4, 0.5) is 13.2 Å². The molecule has 2 aromatic rings. The number of hydrogen-bond acceptors (Lipinski definition) is 5. The first-order valence-electron chi connectivity index (χ1n) is 10.5. The van der Waals surface area contributed by atoms with Gasteiger partial charge in [-0.25, -0.2) is 0 Å². The smallest absolute Gasteiger partial charge is 0.393 e. The summed E-state index contributed by atoms with van der Waals surface area (Å²) >= 11 is 0. The van der Waals surface area contributed by atoms with Gasteiger partial charge in [0, 0.05) is 23.7 Å².